The van der Waals surface area contributed by atoms with E-state index < -0.39 is 100 Å². The van der Waals surface area contributed by atoms with Gasteiger partial charge in [0, 0.05) is 45.8 Å². The summed E-state index contributed by atoms with van der Waals surface area (Å²) in [7, 11) is 0. The number of hydrogen-bond acceptors (Lipinski definition) is 16. The normalized spacial score (nSPS) is 9.95. The first-order chi connectivity index (χ1) is 18.4. The van der Waals surface area contributed by atoms with Gasteiger partial charge < -0.3 is 61.4 Å². The molecule has 0 aliphatic heterocycles. The van der Waals surface area contributed by atoms with Crippen LogP contribution in [-0.4, -0.2) is 209 Å². The first-order valence-electron chi connectivity index (χ1n) is 11.0. The van der Waals surface area contributed by atoms with Crippen LogP contribution in [0.3, 0.4) is 0 Å². The predicted molar refractivity (Wildman–Crippen MR) is 130 cm³/mol. The third kappa shape index (κ3) is 35.9. The van der Waals surface area contributed by atoms with Gasteiger partial charge in [-0.1, -0.05) is 0 Å². The minimum absolute atomic E-state index is 0. The van der Waals surface area contributed by atoms with E-state index in [2.05, 4.69) is 0 Å². The molecule has 8 N–H and O–H groups in total. The average Bonchev–Trinajstić information content (AvgIpc) is 2.72. The summed E-state index contributed by atoms with van der Waals surface area (Å²) >= 11 is 0. The van der Waals surface area contributed by atoms with E-state index in [1.54, 1.807) is 0 Å². The van der Waals surface area contributed by atoms with Gasteiger partial charge in [0.25, 0.3) is 0 Å². The molecule has 21 nitrogen and oxygen atoms in total. The molecule has 0 atom stereocenters. The molecule has 0 unspecified atom stereocenters. The largest absolute Gasteiger partial charge is 2.00 e. The predicted octanol–water partition coefficient (Wildman–Crippen LogP) is -11.4. The Balaban J connectivity index is -0.000000209. The SMILES string of the molecule is N.O=C(O)CN(CCN(CC(=O)O)CC(=O)O)CC(=O)O.O=C([O-])CN(CCN(CC(=O)[O-])CC(=O)O)CC(=O)[O-].[Ca+2].[Na+]. The van der Waals surface area contributed by atoms with Crippen LogP contribution in [0.2, 0.25) is 0 Å². The van der Waals surface area contributed by atoms with Crippen LogP contribution >= 0.6 is 0 Å². The second kappa shape index (κ2) is 28.6. The second-order valence-electron chi connectivity index (χ2n) is 7.93. The van der Waals surface area contributed by atoms with Crippen LogP contribution < -0.4 is 51.0 Å². The third-order valence-corrected chi connectivity index (χ3v) is 4.32. The maximum Gasteiger partial charge on any atom is 2.00 e. The number of carboxylic acids is 8. The summed E-state index contributed by atoms with van der Waals surface area (Å²) in [5.41, 5.74) is 0. The molecule has 236 valence electrons. The fourth-order valence-corrected chi connectivity index (χ4v) is 2.93. The van der Waals surface area contributed by atoms with Gasteiger partial charge in [-0.15, -0.1) is 0 Å². The molecule has 0 bridgehead atoms. The summed E-state index contributed by atoms with van der Waals surface area (Å²) in [6.45, 7) is -5.25. The van der Waals surface area contributed by atoms with Gasteiger partial charge in [-0.2, -0.15) is 0 Å². The number of nitrogens with zero attached hydrogens (tertiary/aromatic N) is 4. The van der Waals surface area contributed by atoms with Gasteiger partial charge in [0.05, 0.1) is 50.6 Å². The monoisotopic (exact) mass is 661 g/mol. The fraction of sp³-hybridized carbons (Fsp3) is 0.600. The van der Waals surface area contributed by atoms with Crippen molar-refractivity contribution in [1.82, 2.24) is 25.8 Å². The summed E-state index contributed by atoms with van der Waals surface area (Å²) in [6, 6.07) is 0. The van der Waals surface area contributed by atoms with Crippen LogP contribution in [0.25, 0.3) is 0 Å². The summed E-state index contributed by atoms with van der Waals surface area (Å²) in [5, 5.41) is 74.3. The van der Waals surface area contributed by atoms with Crippen molar-refractivity contribution in [3.8, 4) is 0 Å². The molecule has 23 heteroatoms. The van der Waals surface area contributed by atoms with E-state index in [0.717, 1.165) is 19.6 Å². The second-order valence-corrected chi connectivity index (χ2v) is 7.93. The molecule has 0 saturated carbocycles. The Morgan fingerprint density at radius 1 is 0.395 bits per heavy atom. The molecule has 43 heavy (non-hydrogen) atoms. The Morgan fingerprint density at radius 2 is 0.535 bits per heavy atom. The number of carbonyl (C=O) groups is 8. The van der Waals surface area contributed by atoms with Gasteiger partial charge in [-0.05, 0) is 0 Å². The van der Waals surface area contributed by atoms with Gasteiger partial charge in [-0.3, -0.25) is 43.6 Å². The number of carboxylic acid groups (broad SMARTS) is 8. The minimum Gasteiger partial charge on any atom is -0.549 e. The van der Waals surface area contributed by atoms with Crippen LogP contribution in [0.5, 0.6) is 0 Å². The van der Waals surface area contributed by atoms with Crippen LogP contribution in [0, 0.1) is 0 Å². The Bertz CT molecular complexity index is 720. The Labute approximate surface area is 296 Å². The van der Waals surface area contributed by atoms with Crippen molar-refractivity contribution in [2.45, 2.75) is 0 Å². The zero-order valence-electron chi connectivity index (χ0n) is 23.4. The van der Waals surface area contributed by atoms with Crippen LogP contribution in [0.4, 0.5) is 0 Å². The van der Waals surface area contributed by atoms with Crippen molar-refractivity contribution >= 4 is 85.5 Å². The fourth-order valence-electron chi connectivity index (χ4n) is 2.93. The number of carbonyl (C=O) groups excluding carboxylic acids is 3. The molecule has 0 aromatic heterocycles. The maximum absolute atomic E-state index is 10.6. The van der Waals surface area contributed by atoms with E-state index in [0.29, 0.717) is 0 Å². The van der Waals surface area contributed by atoms with E-state index in [-0.39, 0.29) is 99.6 Å². The molecule has 0 radical (unpaired) electrons. The van der Waals surface area contributed by atoms with Crippen molar-refractivity contribution in [2.75, 3.05) is 78.5 Å². The Kier molecular flexibility index (Phi) is 33.5. The Hall–Kier alpha value is -2.18. The quantitative estimate of drug-likeness (QED) is 0.0586. The standard InChI is InChI=1S/2C10H16N2O8.Ca.H3N.Na/c2*13-7(14)3-11(4-8(15)16)1-2-12(5-9(17)18)6-10(19)20;;;/h2*1-6H2,(H,13,14)(H,15,16)(H,17,18)(H,19,20);;1H3;/q;;+2;;+1/p-3. The molecule has 0 aliphatic rings. The zero-order chi connectivity index (χ0) is 31.4. The molecular weight excluding hydrogens is 629 g/mol. The molecule has 0 heterocycles. The molecule has 0 rings (SSSR count). The zero-order valence-corrected chi connectivity index (χ0v) is 27.6. The molecule has 0 aromatic carbocycles. The van der Waals surface area contributed by atoms with Gasteiger partial charge in [0.1, 0.15) is 0 Å². The van der Waals surface area contributed by atoms with E-state index in [1.807, 2.05) is 0 Å². The van der Waals surface area contributed by atoms with Crippen molar-refractivity contribution in [3.63, 3.8) is 0 Å². The average molecular weight is 662 g/mol. The molecule has 0 amide bonds. The summed E-state index contributed by atoms with van der Waals surface area (Å²) in [4.78, 5) is 88.0. The van der Waals surface area contributed by atoms with Crippen molar-refractivity contribution < 1.29 is 109 Å². The molecular formula is C20H32CaN5NaO16. The molecule has 0 saturated heterocycles. The summed E-state index contributed by atoms with van der Waals surface area (Å²) < 4.78 is 0. The topological polar surface area (TPSA) is 355 Å². The number of rotatable bonds is 22. The molecule has 0 aliphatic carbocycles. The van der Waals surface area contributed by atoms with E-state index in [1.165, 1.54) is 0 Å². The van der Waals surface area contributed by atoms with Gasteiger partial charge in [-0.25, -0.2) is 0 Å². The Morgan fingerprint density at radius 3 is 0.674 bits per heavy atom. The summed E-state index contributed by atoms with van der Waals surface area (Å²) in [6.07, 6.45) is 0. The van der Waals surface area contributed by atoms with Crippen molar-refractivity contribution in [2.24, 2.45) is 0 Å². The minimum atomic E-state index is -1.52. The van der Waals surface area contributed by atoms with Crippen LogP contribution in [-0.2, 0) is 38.4 Å². The molecule has 0 aromatic rings. The first-order valence-corrected chi connectivity index (χ1v) is 11.0. The number of aliphatic carboxylic acids is 8. The third-order valence-electron chi connectivity index (χ3n) is 4.32. The van der Waals surface area contributed by atoms with Crippen LogP contribution in [0.15, 0.2) is 0 Å². The van der Waals surface area contributed by atoms with Gasteiger partial charge >= 0.3 is 97.1 Å². The van der Waals surface area contributed by atoms with Crippen LogP contribution in [0.1, 0.15) is 0 Å². The van der Waals surface area contributed by atoms with Gasteiger partial charge in [0.2, 0.25) is 0 Å². The molecule has 0 fully saturated rings. The number of hydrogen-bond donors (Lipinski definition) is 6. The smallest absolute Gasteiger partial charge is 0.549 e. The van der Waals surface area contributed by atoms with E-state index in [9.17, 15) is 53.7 Å². The maximum atomic E-state index is 10.6. The first kappa shape index (κ1) is 50.4. The summed E-state index contributed by atoms with van der Waals surface area (Å²) in [5.74, 6) is -10.7. The van der Waals surface area contributed by atoms with E-state index >= 15 is 0 Å². The van der Waals surface area contributed by atoms with Gasteiger partial charge in [0.15, 0.2) is 0 Å². The van der Waals surface area contributed by atoms with Crippen molar-refractivity contribution in [3.05, 3.63) is 0 Å². The molecule has 0 spiro atoms. The van der Waals surface area contributed by atoms with E-state index in [4.69, 9.17) is 25.5 Å². The van der Waals surface area contributed by atoms with Crippen molar-refractivity contribution in [1.29, 1.82) is 0 Å².